The molecule has 0 bridgehead atoms. The number of carbonyl (C=O) groups excluding carboxylic acids is 2. The fourth-order valence-electron chi connectivity index (χ4n) is 4.44. The van der Waals surface area contributed by atoms with Gasteiger partial charge in [-0.3, -0.25) is 9.69 Å². The Balaban J connectivity index is 1.21. The Labute approximate surface area is 187 Å². The van der Waals surface area contributed by atoms with Gasteiger partial charge in [0.05, 0.1) is 18.4 Å². The molecule has 168 valence electrons. The molecule has 1 atom stereocenters. The standard InChI is InChI=1S/C23H28N6O3/c1-3-18-14-32-23(31)29(18)20-13-24-19(12-25-20)22(30)28-8-6-27(7-9-28)21-15(2)10-17(11-26-21)16-4-5-16/h10-13,16,18H,3-9,14H2,1-2H3. The molecule has 0 N–H and O–H groups in total. The van der Waals surface area contributed by atoms with Crippen molar-refractivity contribution in [2.24, 2.45) is 0 Å². The molecule has 3 fully saturated rings. The molecule has 1 aliphatic carbocycles. The number of carbonyl (C=O) groups is 2. The second-order valence-electron chi connectivity index (χ2n) is 8.73. The monoisotopic (exact) mass is 436 g/mol. The minimum Gasteiger partial charge on any atom is -0.447 e. The van der Waals surface area contributed by atoms with Crippen LogP contribution in [0.2, 0.25) is 0 Å². The maximum absolute atomic E-state index is 12.9. The number of hydrogen-bond acceptors (Lipinski definition) is 7. The Hall–Kier alpha value is -3.23. The Bertz CT molecular complexity index is 1010. The molecule has 5 rings (SSSR count). The molecular weight excluding hydrogens is 408 g/mol. The van der Waals surface area contributed by atoms with Gasteiger partial charge in [0, 0.05) is 32.4 Å². The van der Waals surface area contributed by atoms with E-state index in [-0.39, 0.29) is 17.6 Å². The molecule has 2 aromatic rings. The molecular formula is C23H28N6O3. The first kappa shape index (κ1) is 20.7. The van der Waals surface area contributed by atoms with Gasteiger partial charge in [0.1, 0.15) is 18.1 Å². The number of piperazine rings is 1. The summed E-state index contributed by atoms with van der Waals surface area (Å²) in [6.45, 7) is 7.11. The highest BCUT2D eigenvalue weighted by Crippen LogP contribution is 2.40. The summed E-state index contributed by atoms with van der Waals surface area (Å²) in [7, 11) is 0. The van der Waals surface area contributed by atoms with Gasteiger partial charge in [-0.2, -0.15) is 0 Å². The van der Waals surface area contributed by atoms with Crippen LogP contribution in [0.15, 0.2) is 24.7 Å². The van der Waals surface area contributed by atoms with E-state index in [1.807, 2.05) is 13.1 Å². The number of aromatic nitrogens is 3. The van der Waals surface area contributed by atoms with Crippen molar-refractivity contribution < 1.29 is 14.3 Å². The third-order valence-corrected chi connectivity index (χ3v) is 6.52. The summed E-state index contributed by atoms with van der Waals surface area (Å²) >= 11 is 0. The molecule has 0 spiro atoms. The molecule has 9 nitrogen and oxygen atoms in total. The van der Waals surface area contributed by atoms with Crippen LogP contribution in [0.5, 0.6) is 0 Å². The zero-order valence-corrected chi connectivity index (χ0v) is 18.5. The van der Waals surface area contributed by atoms with Crippen molar-refractivity contribution in [3.8, 4) is 0 Å². The average molecular weight is 437 g/mol. The van der Waals surface area contributed by atoms with Crippen molar-refractivity contribution in [2.45, 2.75) is 45.1 Å². The lowest BCUT2D eigenvalue weighted by molar-refractivity contribution is 0.0740. The van der Waals surface area contributed by atoms with Crippen molar-refractivity contribution in [3.05, 3.63) is 41.5 Å². The smallest absolute Gasteiger partial charge is 0.415 e. The van der Waals surface area contributed by atoms with E-state index in [4.69, 9.17) is 9.72 Å². The largest absolute Gasteiger partial charge is 0.447 e. The second kappa shape index (κ2) is 8.37. The van der Waals surface area contributed by atoms with Gasteiger partial charge in [-0.05, 0) is 43.2 Å². The molecule has 2 amide bonds. The van der Waals surface area contributed by atoms with Gasteiger partial charge in [-0.15, -0.1) is 0 Å². The maximum Gasteiger partial charge on any atom is 0.415 e. The quantitative estimate of drug-likeness (QED) is 0.712. The van der Waals surface area contributed by atoms with Crippen LogP contribution in [0.25, 0.3) is 0 Å². The third-order valence-electron chi connectivity index (χ3n) is 6.52. The first-order valence-corrected chi connectivity index (χ1v) is 11.3. The van der Waals surface area contributed by atoms with Gasteiger partial charge in [0.25, 0.3) is 5.91 Å². The van der Waals surface area contributed by atoms with Gasteiger partial charge in [0.15, 0.2) is 5.82 Å². The highest BCUT2D eigenvalue weighted by molar-refractivity contribution is 5.93. The zero-order chi connectivity index (χ0) is 22.2. The summed E-state index contributed by atoms with van der Waals surface area (Å²) in [6, 6.07) is 2.20. The van der Waals surface area contributed by atoms with Crippen LogP contribution < -0.4 is 9.80 Å². The molecule has 0 radical (unpaired) electrons. The van der Waals surface area contributed by atoms with Gasteiger partial charge in [-0.25, -0.2) is 19.7 Å². The normalized spacial score (nSPS) is 21.1. The van der Waals surface area contributed by atoms with Crippen LogP contribution in [0, 0.1) is 6.92 Å². The molecule has 0 aromatic carbocycles. The Morgan fingerprint density at radius 3 is 2.50 bits per heavy atom. The number of amides is 2. The number of hydrogen-bond donors (Lipinski definition) is 0. The number of ether oxygens (including phenoxy) is 1. The summed E-state index contributed by atoms with van der Waals surface area (Å²) in [6.07, 6.45) is 7.82. The van der Waals surface area contributed by atoms with Crippen molar-refractivity contribution >= 4 is 23.6 Å². The first-order valence-electron chi connectivity index (χ1n) is 11.3. The number of nitrogens with zero attached hydrogens (tertiary/aromatic N) is 6. The van der Waals surface area contributed by atoms with E-state index < -0.39 is 6.09 Å². The SMILES string of the molecule is CCC1COC(=O)N1c1cnc(C(=O)N2CCN(c3ncc(C4CC4)cc3C)CC2)cn1. The van der Waals surface area contributed by atoms with Crippen LogP contribution >= 0.6 is 0 Å². The predicted octanol–water partition coefficient (Wildman–Crippen LogP) is 2.76. The zero-order valence-electron chi connectivity index (χ0n) is 18.5. The molecule has 4 heterocycles. The molecule has 32 heavy (non-hydrogen) atoms. The van der Waals surface area contributed by atoms with E-state index in [9.17, 15) is 9.59 Å². The maximum atomic E-state index is 12.9. The first-order chi connectivity index (χ1) is 15.5. The van der Waals surface area contributed by atoms with Crippen LogP contribution in [0.3, 0.4) is 0 Å². The van der Waals surface area contributed by atoms with Crippen LogP contribution in [-0.2, 0) is 4.74 Å². The van der Waals surface area contributed by atoms with Crippen molar-refractivity contribution in [1.29, 1.82) is 0 Å². The fraction of sp³-hybridized carbons (Fsp3) is 0.522. The van der Waals surface area contributed by atoms with E-state index in [2.05, 4.69) is 27.9 Å². The van der Waals surface area contributed by atoms with Crippen molar-refractivity contribution in [1.82, 2.24) is 19.9 Å². The van der Waals surface area contributed by atoms with Gasteiger partial charge < -0.3 is 14.5 Å². The third kappa shape index (κ3) is 3.87. The lowest BCUT2D eigenvalue weighted by Crippen LogP contribution is -2.49. The van der Waals surface area contributed by atoms with Crippen LogP contribution in [-0.4, -0.2) is 70.7 Å². The summed E-state index contributed by atoms with van der Waals surface area (Å²) in [4.78, 5) is 43.8. The van der Waals surface area contributed by atoms with Crippen molar-refractivity contribution in [3.63, 3.8) is 0 Å². The summed E-state index contributed by atoms with van der Waals surface area (Å²) in [5, 5.41) is 0. The number of cyclic esters (lactones) is 1. The Morgan fingerprint density at radius 1 is 1.09 bits per heavy atom. The van der Waals surface area contributed by atoms with E-state index in [1.165, 1.54) is 41.3 Å². The van der Waals surface area contributed by atoms with E-state index in [1.54, 1.807) is 4.90 Å². The van der Waals surface area contributed by atoms with E-state index in [0.29, 0.717) is 31.4 Å². The number of rotatable bonds is 5. The highest BCUT2D eigenvalue weighted by Gasteiger charge is 2.34. The van der Waals surface area contributed by atoms with E-state index in [0.717, 1.165) is 25.3 Å². The summed E-state index contributed by atoms with van der Waals surface area (Å²) in [5.74, 6) is 1.97. The number of pyridine rings is 1. The van der Waals surface area contributed by atoms with Gasteiger partial charge >= 0.3 is 6.09 Å². The second-order valence-corrected chi connectivity index (χ2v) is 8.73. The van der Waals surface area contributed by atoms with Gasteiger partial charge in [-0.1, -0.05) is 13.0 Å². The Kier molecular flexibility index (Phi) is 5.40. The molecule has 2 saturated heterocycles. The number of aryl methyl sites for hydroxylation is 1. The molecule has 2 aromatic heterocycles. The van der Waals surface area contributed by atoms with Gasteiger partial charge in [0.2, 0.25) is 0 Å². The lowest BCUT2D eigenvalue weighted by atomic mass is 10.1. The summed E-state index contributed by atoms with van der Waals surface area (Å²) < 4.78 is 5.11. The topological polar surface area (TPSA) is 91.8 Å². The van der Waals surface area contributed by atoms with Crippen LogP contribution in [0.4, 0.5) is 16.4 Å². The minimum absolute atomic E-state index is 0.0539. The summed E-state index contributed by atoms with van der Waals surface area (Å²) in [5.41, 5.74) is 2.82. The fourth-order valence-corrected chi connectivity index (χ4v) is 4.44. The lowest BCUT2D eigenvalue weighted by Gasteiger charge is -2.36. The average Bonchev–Trinajstić information content (AvgIpc) is 3.61. The molecule has 3 aliphatic rings. The molecule has 1 saturated carbocycles. The number of anilines is 2. The molecule has 1 unspecified atom stereocenters. The highest BCUT2D eigenvalue weighted by atomic mass is 16.6. The predicted molar refractivity (Wildman–Crippen MR) is 119 cm³/mol. The van der Waals surface area contributed by atoms with Crippen LogP contribution in [0.1, 0.15) is 53.7 Å². The minimum atomic E-state index is -0.421. The van der Waals surface area contributed by atoms with Crippen molar-refractivity contribution in [2.75, 3.05) is 42.6 Å². The van der Waals surface area contributed by atoms with E-state index >= 15 is 0 Å². The molecule has 2 aliphatic heterocycles. The molecule has 9 heteroatoms. The Morgan fingerprint density at radius 2 is 1.88 bits per heavy atom.